The van der Waals surface area contributed by atoms with Crippen molar-refractivity contribution in [3.63, 3.8) is 0 Å². The molecule has 1 aromatic heterocycles. The molecular weight excluding hydrogens is 693 g/mol. The molecule has 0 amide bonds. The summed E-state index contributed by atoms with van der Waals surface area (Å²) >= 11 is 0. The minimum absolute atomic E-state index is 0.452. The molecule has 0 saturated heterocycles. The molecule has 1 aliphatic heterocycles. The smallest absolute Gasteiger partial charge is 0.160 e. The van der Waals surface area contributed by atoms with Crippen LogP contribution >= 0.6 is 0 Å². The van der Waals surface area contributed by atoms with Crippen LogP contribution in [0.5, 0.6) is 11.5 Å². The molecule has 0 bridgehead atoms. The molecular formula is C54H36N2O. The van der Waals surface area contributed by atoms with Gasteiger partial charge in [-0.05, 0) is 93.3 Å². The van der Waals surface area contributed by atoms with Crippen molar-refractivity contribution in [2.75, 3.05) is 0 Å². The largest absolute Gasteiger partial charge is 0.456 e. The van der Waals surface area contributed by atoms with E-state index < -0.39 is 5.41 Å². The number of para-hydroxylation sites is 2. The first-order valence-corrected chi connectivity index (χ1v) is 19.9. The van der Waals surface area contributed by atoms with Crippen molar-refractivity contribution in [1.29, 1.82) is 0 Å². The van der Waals surface area contributed by atoms with Crippen molar-refractivity contribution >= 4 is 22.4 Å². The Hall–Kier alpha value is -7.10. The molecule has 0 radical (unpaired) electrons. The number of hydrogen-bond donors (Lipinski definition) is 0. The van der Waals surface area contributed by atoms with Crippen LogP contribution in [0.15, 0.2) is 182 Å². The lowest BCUT2D eigenvalue weighted by molar-refractivity contribution is 0.437. The van der Waals surface area contributed by atoms with Gasteiger partial charge in [0.25, 0.3) is 0 Å². The molecule has 3 nitrogen and oxygen atoms in total. The van der Waals surface area contributed by atoms with Gasteiger partial charge in [0.1, 0.15) is 11.5 Å². The highest BCUT2D eigenvalue weighted by molar-refractivity contribution is 5.98. The summed E-state index contributed by atoms with van der Waals surface area (Å²) < 4.78 is 6.98. The fourth-order valence-electron chi connectivity index (χ4n) is 9.97. The van der Waals surface area contributed by atoms with Crippen LogP contribution in [-0.2, 0) is 11.8 Å². The molecule has 1 atom stereocenters. The van der Waals surface area contributed by atoms with Crippen molar-refractivity contribution < 1.29 is 4.74 Å². The van der Waals surface area contributed by atoms with Crippen LogP contribution in [0.1, 0.15) is 46.2 Å². The average Bonchev–Trinajstić information content (AvgIpc) is 3.57. The highest BCUT2D eigenvalue weighted by Crippen LogP contribution is 2.63. The Morgan fingerprint density at radius 3 is 2.16 bits per heavy atom. The third kappa shape index (κ3) is 4.79. The van der Waals surface area contributed by atoms with Gasteiger partial charge in [-0.15, -0.1) is 0 Å². The Bertz CT molecular complexity index is 3060. The van der Waals surface area contributed by atoms with Crippen LogP contribution in [0.25, 0.3) is 67.5 Å². The highest BCUT2D eigenvalue weighted by atomic mass is 16.5. The average molecular weight is 729 g/mol. The second-order valence-corrected chi connectivity index (χ2v) is 15.5. The lowest BCUT2D eigenvalue weighted by Gasteiger charge is -2.41. The van der Waals surface area contributed by atoms with Gasteiger partial charge in [-0.2, -0.15) is 0 Å². The molecule has 0 saturated carbocycles. The Kier molecular flexibility index (Phi) is 7.03. The molecule has 8 aromatic rings. The van der Waals surface area contributed by atoms with Gasteiger partial charge in [0, 0.05) is 33.4 Å². The number of aromatic nitrogens is 2. The van der Waals surface area contributed by atoms with Crippen LogP contribution in [-0.4, -0.2) is 9.97 Å². The second kappa shape index (κ2) is 12.5. The Balaban J connectivity index is 0.997. The number of benzene rings is 7. The monoisotopic (exact) mass is 728 g/mol. The first-order chi connectivity index (χ1) is 28.2. The van der Waals surface area contributed by atoms with Gasteiger partial charge in [-0.3, -0.25) is 0 Å². The van der Waals surface area contributed by atoms with Crippen LogP contribution in [0.3, 0.4) is 0 Å². The van der Waals surface area contributed by atoms with Gasteiger partial charge in [0.15, 0.2) is 5.82 Å². The Morgan fingerprint density at radius 1 is 0.526 bits per heavy atom. The quantitative estimate of drug-likeness (QED) is 0.181. The molecule has 1 spiro atoms. The summed E-state index contributed by atoms with van der Waals surface area (Å²) in [6.45, 7) is 0. The maximum atomic E-state index is 6.98. The number of nitrogens with zero attached hydrogens (tertiary/aromatic N) is 2. The molecule has 0 fully saturated rings. The van der Waals surface area contributed by atoms with Crippen LogP contribution in [0.2, 0.25) is 0 Å². The maximum Gasteiger partial charge on any atom is 0.160 e. The minimum atomic E-state index is -0.452. The van der Waals surface area contributed by atoms with Crippen molar-refractivity contribution in [2.45, 2.75) is 24.7 Å². The number of fused-ring (bicyclic) bond motifs is 8. The summed E-state index contributed by atoms with van der Waals surface area (Å²) in [7, 11) is 0. The number of rotatable bonds is 4. The SMILES string of the molecule is C1=CC2=C(CC1)c1ccccc1C21c2ccccc2Oc2c(-c3ccc(-c4cc(-c5cc6c7c(cccc7c5)CC=C6)nc(-c5ccccc5)n4)cc3)cccc21. The molecule has 57 heavy (non-hydrogen) atoms. The van der Waals surface area contributed by atoms with Gasteiger partial charge < -0.3 is 4.74 Å². The second-order valence-electron chi connectivity index (χ2n) is 15.5. The van der Waals surface area contributed by atoms with Crippen molar-refractivity contribution in [3.05, 3.63) is 215 Å². The van der Waals surface area contributed by atoms with E-state index in [2.05, 4.69) is 164 Å². The van der Waals surface area contributed by atoms with Crippen molar-refractivity contribution in [1.82, 2.24) is 9.97 Å². The predicted molar refractivity (Wildman–Crippen MR) is 232 cm³/mol. The fourth-order valence-corrected chi connectivity index (χ4v) is 9.97. The van der Waals surface area contributed by atoms with E-state index >= 15 is 0 Å². The maximum absolute atomic E-state index is 6.98. The van der Waals surface area contributed by atoms with E-state index in [4.69, 9.17) is 14.7 Å². The van der Waals surface area contributed by atoms with Crippen LogP contribution in [0.4, 0.5) is 0 Å². The molecule has 2 heterocycles. The molecule has 7 aromatic carbocycles. The lowest BCUT2D eigenvalue weighted by Crippen LogP contribution is -2.33. The van der Waals surface area contributed by atoms with E-state index in [-0.39, 0.29) is 0 Å². The number of ether oxygens (including phenoxy) is 1. The highest BCUT2D eigenvalue weighted by Gasteiger charge is 2.52. The lowest BCUT2D eigenvalue weighted by atomic mass is 9.64. The van der Waals surface area contributed by atoms with Gasteiger partial charge in [0.05, 0.1) is 16.8 Å². The number of hydrogen-bond acceptors (Lipinski definition) is 3. The molecule has 268 valence electrons. The standard InChI is InChI=1S/C54H36N2O/c1-2-13-37(14-3-1)53-55-48(33-49(56-53)40-31-38-17-10-15-36-16-11-18-39(32-40)51(36)38)35-29-27-34(28-30-35)41-21-12-25-47-52(41)57-50-26-9-8-24-46(50)54(47)44-22-6-4-19-42(44)43-20-5-7-23-45(43)54/h1-4,6-15,17-19,21-33H,5,16,20H2. The summed E-state index contributed by atoms with van der Waals surface area (Å²) in [5, 5.41) is 2.57. The summed E-state index contributed by atoms with van der Waals surface area (Å²) in [6.07, 6.45) is 12.3. The Labute approximate surface area is 332 Å². The van der Waals surface area contributed by atoms with Gasteiger partial charge in [0.2, 0.25) is 0 Å². The van der Waals surface area contributed by atoms with E-state index in [1.165, 1.54) is 55.3 Å². The predicted octanol–water partition coefficient (Wildman–Crippen LogP) is 13.4. The normalized spacial score (nSPS) is 16.9. The number of allylic oxidation sites excluding steroid dienone is 5. The van der Waals surface area contributed by atoms with E-state index in [0.29, 0.717) is 5.82 Å². The zero-order chi connectivity index (χ0) is 37.5. The van der Waals surface area contributed by atoms with Gasteiger partial charge in [-0.1, -0.05) is 158 Å². The fraction of sp³-hybridized carbons (Fsp3) is 0.0741. The minimum Gasteiger partial charge on any atom is -0.456 e. The summed E-state index contributed by atoms with van der Waals surface area (Å²) in [4.78, 5) is 10.3. The van der Waals surface area contributed by atoms with Crippen molar-refractivity contribution in [3.8, 4) is 56.5 Å². The van der Waals surface area contributed by atoms with E-state index in [9.17, 15) is 0 Å². The summed E-state index contributed by atoms with van der Waals surface area (Å²) in [6, 6.07) is 56.7. The van der Waals surface area contributed by atoms with Gasteiger partial charge >= 0.3 is 0 Å². The molecule has 3 aliphatic carbocycles. The third-order valence-electron chi connectivity index (χ3n) is 12.4. The first kappa shape index (κ1) is 32.2. The van der Waals surface area contributed by atoms with Crippen LogP contribution < -0.4 is 4.74 Å². The molecule has 12 rings (SSSR count). The molecule has 3 heteroatoms. The Morgan fingerprint density at radius 2 is 1.26 bits per heavy atom. The molecule has 4 aliphatic rings. The molecule has 0 N–H and O–H groups in total. The first-order valence-electron chi connectivity index (χ1n) is 19.9. The molecule has 1 unspecified atom stereocenters. The summed E-state index contributed by atoms with van der Waals surface area (Å²) in [5.41, 5.74) is 17.1. The van der Waals surface area contributed by atoms with Gasteiger partial charge in [-0.25, -0.2) is 9.97 Å². The van der Waals surface area contributed by atoms with Crippen LogP contribution in [0, 0.1) is 0 Å². The van der Waals surface area contributed by atoms with E-state index in [1.54, 1.807) is 0 Å². The summed E-state index contributed by atoms with van der Waals surface area (Å²) in [5.74, 6) is 2.54. The topological polar surface area (TPSA) is 35.0 Å². The van der Waals surface area contributed by atoms with E-state index in [0.717, 1.165) is 70.0 Å². The zero-order valence-electron chi connectivity index (χ0n) is 31.2. The van der Waals surface area contributed by atoms with Crippen molar-refractivity contribution in [2.24, 2.45) is 0 Å². The third-order valence-corrected chi connectivity index (χ3v) is 12.4. The zero-order valence-corrected chi connectivity index (χ0v) is 31.2. The van der Waals surface area contributed by atoms with E-state index in [1.807, 2.05) is 18.2 Å².